The van der Waals surface area contributed by atoms with Crippen molar-refractivity contribution < 1.29 is 14.6 Å². The molecule has 0 aliphatic carbocycles. The predicted octanol–water partition coefficient (Wildman–Crippen LogP) is 2.93. The molecule has 0 aliphatic heterocycles. The molecule has 0 bridgehead atoms. The first kappa shape index (κ1) is 14.7. The first-order valence-electron chi connectivity index (χ1n) is 6.28. The summed E-state index contributed by atoms with van der Waals surface area (Å²) in [5, 5.41) is 9.47. The SMILES string of the molecule is C/C=C/C(O)CCCOCc1ccc(OC)cc1. The predicted molar refractivity (Wildman–Crippen MR) is 72.7 cm³/mol. The molecule has 0 aliphatic rings. The minimum Gasteiger partial charge on any atom is -0.497 e. The second-order valence-corrected chi connectivity index (χ2v) is 4.14. The number of aliphatic hydroxyl groups excluding tert-OH is 1. The minimum atomic E-state index is -0.348. The molecule has 1 unspecified atom stereocenters. The number of ether oxygens (including phenoxy) is 2. The van der Waals surface area contributed by atoms with Crippen LogP contribution in [0.4, 0.5) is 0 Å². The van der Waals surface area contributed by atoms with Crippen LogP contribution in [0.1, 0.15) is 25.3 Å². The molecule has 1 aromatic rings. The van der Waals surface area contributed by atoms with E-state index in [2.05, 4.69) is 0 Å². The van der Waals surface area contributed by atoms with Crippen molar-refractivity contribution in [3.63, 3.8) is 0 Å². The highest BCUT2D eigenvalue weighted by Crippen LogP contribution is 2.12. The molecule has 0 saturated carbocycles. The van der Waals surface area contributed by atoms with E-state index in [0.29, 0.717) is 13.2 Å². The quantitative estimate of drug-likeness (QED) is 0.569. The highest BCUT2D eigenvalue weighted by molar-refractivity contribution is 5.26. The molecule has 1 atom stereocenters. The smallest absolute Gasteiger partial charge is 0.118 e. The molecular formula is C15H22O3. The van der Waals surface area contributed by atoms with E-state index in [1.807, 2.05) is 37.3 Å². The number of rotatable bonds is 8. The first-order chi connectivity index (χ1) is 8.76. The number of aliphatic hydroxyl groups is 1. The molecule has 18 heavy (non-hydrogen) atoms. The summed E-state index contributed by atoms with van der Waals surface area (Å²) in [6.45, 7) is 3.17. The second kappa shape index (κ2) is 8.72. The zero-order chi connectivity index (χ0) is 13.2. The van der Waals surface area contributed by atoms with Gasteiger partial charge in [-0.2, -0.15) is 0 Å². The number of methoxy groups -OCH3 is 1. The summed E-state index contributed by atoms with van der Waals surface area (Å²) >= 11 is 0. The molecule has 0 fully saturated rings. The van der Waals surface area contributed by atoms with Crippen molar-refractivity contribution in [1.29, 1.82) is 0 Å². The van der Waals surface area contributed by atoms with Crippen molar-refractivity contribution in [2.45, 2.75) is 32.5 Å². The summed E-state index contributed by atoms with van der Waals surface area (Å²) in [4.78, 5) is 0. The van der Waals surface area contributed by atoms with Gasteiger partial charge in [0.25, 0.3) is 0 Å². The Morgan fingerprint density at radius 2 is 2.00 bits per heavy atom. The van der Waals surface area contributed by atoms with Crippen LogP contribution in [0.2, 0.25) is 0 Å². The van der Waals surface area contributed by atoms with Crippen LogP contribution in [-0.2, 0) is 11.3 Å². The maximum atomic E-state index is 9.47. The lowest BCUT2D eigenvalue weighted by Crippen LogP contribution is -2.04. The number of hydrogen-bond donors (Lipinski definition) is 1. The Kier molecular flexibility index (Phi) is 7.14. The molecule has 3 heteroatoms. The van der Waals surface area contributed by atoms with E-state index in [-0.39, 0.29) is 6.10 Å². The molecule has 1 aromatic carbocycles. The van der Waals surface area contributed by atoms with E-state index in [1.165, 1.54) is 0 Å². The van der Waals surface area contributed by atoms with E-state index in [0.717, 1.165) is 24.2 Å². The van der Waals surface area contributed by atoms with Gasteiger partial charge < -0.3 is 14.6 Å². The fourth-order valence-electron chi connectivity index (χ4n) is 1.62. The van der Waals surface area contributed by atoms with Gasteiger partial charge in [-0.15, -0.1) is 0 Å². The molecule has 0 aromatic heterocycles. The van der Waals surface area contributed by atoms with Gasteiger partial charge in [0.05, 0.1) is 19.8 Å². The van der Waals surface area contributed by atoms with Crippen LogP contribution in [0.25, 0.3) is 0 Å². The lowest BCUT2D eigenvalue weighted by molar-refractivity contribution is 0.106. The van der Waals surface area contributed by atoms with Crippen LogP contribution in [0, 0.1) is 0 Å². The topological polar surface area (TPSA) is 38.7 Å². The van der Waals surface area contributed by atoms with Crippen molar-refractivity contribution in [3.05, 3.63) is 42.0 Å². The highest BCUT2D eigenvalue weighted by Gasteiger charge is 1.99. The molecule has 3 nitrogen and oxygen atoms in total. The zero-order valence-electron chi connectivity index (χ0n) is 11.1. The maximum absolute atomic E-state index is 9.47. The third-order valence-electron chi connectivity index (χ3n) is 2.63. The molecule has 0 radical (unpaired) electrons. The fraction of sp³-hybridized carbons (Fsp3) is 0.467. The average molecular weight is 250 g/mol. The Morgan fingerprint density at radius 1 is 1.28 bits per heavy atom. The molecule has 0 heterocycles. The Labute approximate surface area is 109 Å². The van der Waals surface area contributed by atoms with E-state index in [9.17, 15) is 5.11 Å². The number of benzene rings is 1. The molecule has 100 valence electrons. The minimum absolute atomic E-state index is 0.348. The van der Waals surface area contributed by atoms with Crippen molar-refractivity contribution in [2.24, 2.45) is 0 Å². The Balaban J connectivity index is 2.13. The van der Waals surface area contributed by atoms with Crippen LogP contribution < -0.4 is 4.74 Å². The van der Waals surface area contributed by atoms with Gasteiger partial charge in [0.2, 0.25) is 0 Å². The molecule has 0 spiro atoms. The Morgan fingerprint density at radius 3 is 2.61 bits per heavy atom. The summed E-state index contributed by atoms with van der Waals surface area (Å²) in [5.74, 6) is 0.855. The van der Waals surface area contributed by atoms with Gasteiger partial charge in [-0.05, 0) is 37.5 Å². The van der Waals surface area contributed by atoms with Gasteiger partial charge in [-0.3, -0.25) is 0 Å². The average Bonchev–Trinajstić information content (AvgIpc) is 2.39. The fourth-order valence-corrected chi connectivity index (χ4v) is 1.62. The monoisotopic (exact) mass is 250 g/mol. The van der Waals surface area contributed by atoms with E-state index in [1.54, 1.807) is 13.2 Å². The Bertz CT molecular complexity index is 343. The summed E-state index contributed by atoms with van der Waals surface area (Å²) < 4.78 is 10.6. The third-order valence-corrected chi connectivity index (χ3v) is 2.63. The summed E-state index contributed by atoms with van der Waals surface area (Å²) in [5.41, 5.74) is 1.13. The maximum Gasteiger partial charge on any atom is 0.118 e. The standard InChI is InChI=1S/C15H22O3/c1-3-5-14(16)6-4-11-18-12-13-7-9-15(17-2)10-8-13/h3,5,7-10,14,16H,4,6,11-12H2,1-2H3/b5-3+. The second-order valence-electron chi connectivity index (χ2n) is 4.14. The molecule has 0 saturated heterocycles. The van der Waals surface area contributed by atoms with Gasteiger partial charge in [0.15, 0.2) is 0 Å². The van der Waals surface area contributed by atoms with Gasteiger partial charge >= 0.3 is 0 Å². The summed E-state index contributed by atoms with van der Waals surface area (Å²) in [7, 11) is 1.65. The largest absolute Gasteiger partial charge is 0.497 e. The van der Waals surface area contributed by atoms with Crippen LogP contribution in [0.3, 0.4) is 0 Å². The van der Waals surface area contributed by atoms with Gasteiger partial charge in [-0.1, -0.05) is 24.3 Å². The molecule has 0 amide bonds. The van der Waals surface area contributed by atoms with Gasteiger partial charge in [0.1, 0.15) is 5.75 Å². The van der Waals surface area contributed by atoms with Gasteiger partial charge in [0, 0.05) is 6.61 Å². The number of hydrogen-bond acceptors (Lipinski definition) is 3. The molecular weight excluding hydrogens is 228 g/mol. The lowest BCUT2D eigenvalue weighted by Gasteiger charge is -2.07. The molecule has 1 rings (SSSR count). The van der Waals surface area contributed by atoms with Crippen molar-refractivity contribution in [3.8, 4) is 5.75 Å². The van der Waals surface area contributed by atoms with Gasteiger partial charge in [-0.25, -0.2) is 0 Å². The highest BCUT2D eigenvalue weighted by atomic mass is 16.5. The van der Waals surface area contributed by atoms with Crippen LogP contribution in [0.5, 0.6) is 5.75 Å². The van der Waals surface area contributed by atoms with E-state index < -0.39 is 0 Å². The van der Waals surface area contributed by atoms with E-state index >= 15 is 0 Å². The van der Waals surface area contributed by atoms with Crippen LogP contribution in [0.15, 0.2) is 36.4 Å². The third kappa shape index (κ3) is 5.84. The van der Waals surface area contributed by atoms with E-state index in [4.69, 9.17) is 9.47 Å². The summed E-state index contributed by atoms with van der Waals surface area (Å²) in [6, 6.07) is 7.84. The van der Waals surface area contributed by atoms with Crippen molar-refractivity contribution in [1.82, 2.24) is 0 Å². The number of allylic oxidation sites excluding steroid dienone is 1. The van der Waals surface area contributed by atoms with Crippen LogP contribution >= 0.6 is 0 Å². The lowest BCUT2D eigenvalue weighted by atomic mass is 10.2. The van der Waals surface area contributed by atoms with Crippen molar-refractivity contribution in [2.75, 3.05) is 13.7 Å². The normalized spacial score (nSPS) is 12.8. The van der Waals surface area contributed by atoms with Crippen LogP contribution in [-0.4, -0.2) is 24.9 Å². The Hall–Kier alpha value is -1.32. The zero-order valence-corrected chi connectivity index (χ0v) is 11.1. The van der Waals surface area contributed by atoms with Crippen molar-refractivity contribution >= 4 is 0 Å². The molecule has 1 N–H and O–H groups in total. The first-order valence-corrected chi connectivity index (χ1v) is 6.28. The summed E-state index contributed by atoms with van der Waals surface area (Å²) in [6.07, 6.45) is 4.92.